The van der Waals surface area contributed by atoms with Crippen molar-refractivity contribution >= 4 is 11.9 Å². The average molecular weight is 320 g/mol. The Kier molecular flexibility index (Phi) is 7.43. The summed E-state index contributed by atoms with van der Waals surface area (Å²) in [6.45, 7) is 1.10. The summed E-state index contributed by atoms with van der Waals surface area (Å²) in [6, 6.07) is 0.504. The molecule has 2 aliphatic carbocycles. The number of amides is 1. The van der Waals surface area contributed by atoms with Crippen LogP contribution in [0.3, 0.4) is 0 Å². The Morgan fingerprint density at radius 1 is 1.26 bits per heavy atom. The number of carbonyl (C=O) groups excluding carboxylic acids is 1. The van der Waals surface area contributed by atoms with Gasteiger partial charge in [-0.15, -0.1) is 0 Å². The number of nitrogens with one attached hydrogen (secondary N) is 2. The molecule has 5 nitrogen and oxygen atoms in total. The van der Waals surface area contributed by atoms with Gasteiger partial charge in [-0.2, -0.15) is 0 Å². The van der Waals surface area contributed by atoms with Crippen LogP contribution < -0.4 is 10.6 Å². The molecule has 0 atom stereocenters. The third-order valence-corrected chi connectivity index (χ3v) is 4.69. The first kappa shape index (κ1) is 17.8. The third-order valence-electron chi connectivity index (χ3n) is 4.69. The summed E-state index contributed by atoms with van der Waals surface area (Å²) in [7, 11) is 3.54. The molecule has 0 spiro atoms. The summed E-state index contributed by atoms with van der Waals surface area (Å²) in [4.78, 5) is 17.8. The molecule has 0 aliphatic heterocycles. The quantitative estimate of drug-likeness (QED) is 0.449. The fourth-order valence-corrected chi connectivity index (χ4v) is 3.18. The van der Waals surface area contributed by atoms with Crippen LogP contribution in [-0.4, -0.2) is 50.0 Å². The van der Waals surface area contributed by atoms with Crippen LogP contribution in [0, 0.1) is 0 Å². The first-order chi connectivity index (χ1) is 11.1. The van der Waals surface area contributed by atoms with Crippen LogP contribution in [0.5, 0.6) is 0 Å². The normalized spacial score (nSPS) is 19.4. The van der Waals surface area contributed by atoms with Crippen molar-refractivity contribution in [1.29, 1.82) is 0 Å². The monoisotopic (exact) mass is 320 g/mol. The SMILES string of the molecule is CN(C)C(=O)CN=C(NCCC1=CCCCC1)NC1CCCC1. The van der Waals surface area contributed by atoms with Crippen LogP contribution in [0.15, 0.2) is 16.6 Å². The molecule has 0 heterocycles. The maximum Gasteiger partial charge on any atom is 0.243 e. The highest BCUT2D eigenvalue weighted by Gasteiger charge is 2.16. The standard InChI is InChI=1S/C18H32N4O/c1-22(2)17(23)14-20-18(21-16-10-6-7-11-16)19-13-12-15-8-4-3-5-9-15/h8,16H,3-7,9-14H2,1-2H3,(H2,19,20,21). The predicted octanol–water partition coefficient (Wildman–Crippen LogP) is 2.44. The van der Waals surface area contributed by atoms with E-state index >= 15 is 0 Å². The van der Waals surface area contributed by atoms with Gasteiger partial charge in [0.2, 0.25) is 5.91 Å². The van der Waals surface area contributed by atoms with Crippen molar-refractivity contribution in [3.63, 3.8) is 0 Å². The maximum absolute atomic E-state index is 11.8. The van der Waals surface area contributed by atoms with Crippen LogP contribution in [-0.2, 0) is 4.79 Å². The lowest BCUT2D eigenvalue weighted by molar-refractivity contribution is -0.127. The van der Waals surface area contributed by atoms with Crippen molar-refractivity contribution in [2.75, 3.05) is 27.2 Å². The first-order valence-corrected chi connectivity index (χ1v) is 9.08. The van der Waals surface area contributed by atoms with Gasteiger partial charge in [-0.3, -0.25) is 4.79 Å². The van der Waals surface area contributed by atoms with Gasteiger partial charge < -0.3 is 15.5 Å². The number of allylic oxidation sites excluding steroid dienone is 1. The second-order valence-corrected chi connectivity index (χ2v) is 6.86. The molecule has 5 heteroatoms. The van der Waals surface area contributed by atoms with Gasteiger partial charge in [-0.05, 0) is 44.9 Å². The largest absolute Gasteiger partial charge is 0.356 e. The van der Waals surface area contributed by atoms with Crippen molar-refractivity contribution in [1.82, 2.24) is 15.5 Å². The summed E-state index contributed by atoms with van der Waals surface area (Å²) in [6.07, 6.45) is 13.6. The molecule has 0 saturated heterocycles. The Morgan fingerprint density at radius 2 is 2.04 bits per heavy atom. The molecule has 130 valence electrons. The van der Waals surface area contributed by atoms with Crippen LogP contribution in [0.25, 0.3) is 0 Å². The molecular formula is C18H32N4O. The molecule has 0 aromatic heterocycles. The molecule has 2 N–H and O–H groups in total. The lowest BCUT2D eigenvalue weighted by Gasteiger charge is -2.19. The molecule has 0 bridgehead atoms. The Bertz CT molecular complexity index is 436. The summed E-state index contributed by atoms with van der Waals surface area (Å²) in [5.41, 5.74) is 1.56. The van der Waals surface area contributed by atoms with Gasteiger partial charge in [0.05, 0.1) is 0 Å². The highest BCUT2D eigenvalue weighted by molar-refractivity contribution is 5.84. The Balaban J connectivity index is 1.82. The van der Waals surface area contributed by atoms with Crippen molar-refractivity contribution < 1.29 is 4.79 Å². The highest BCUT2D eigenvalue weighted by Crippen LogP contribution is 2.19. The minimum absolute atomic E-state index is 0.0347. The zero-order valence-electron chi connectivity index (χ0n) is 14.7. The van der Waals surface area contributed by atoms with Crippen molar-refractivity contribution in [3.8, 4) is 0 Å². The molecule has 1 amide bonds. The van der Waals surface area contributed by atoms with E-state index in [0.29, 0.717) is 6.04 Å². The van der Waals surface area contributed by atoms with E-state index < -0.39 is 0 Å². The van der Waals surface area contributed by atoms with E-state index in [0.717, 1.165) is 18.9 Å². The molecule has 0 unspecified atom stereocenters. The van der Waals surface area contributed by atoms with Crippen molar-refractivity contribution in [3.05, 3.63) is 11.6 Å². The summed E-state index contributed by atoms with van der Waals surface area (Å²) in [5, 5.41) is 6.91. The Morgan fingerprint density at radius 3 is 2.70 bits per heavy atom. The molecule has 23 heavy (non-hydrogen) atoms. The van der Waals surface area contributed by atoms with Gasteiger partial charge in [-0.25, -0.2) is 4.99 Å². The molecule has 0 aromatic carbocycles. The topological polar surface area (TPSA) is 56.7 Å². The van der Waals surface area contributed by atoms with Crippen molar-refractivity contribution in [2.45, 2.75) is 63.8 Å². The van der Waals surface area contributed by atoms with E-state index in [1.54, 1.807) is 24.6 Å². The van der Waals surface area contributed by atoms with Gasteiger partial charge >= 0.3 is 0 Å². The minimum atomic E-state index is 0.0347. The fourth-order valence-electron chi connectivity index (χ4n) is 3.18. The Hall–Kier alpha value is -1.52. The zero-order valence-corrected chi connectivity index (χ0v) is 14.7. The van der Waals surface area contributed by atoms with Gasteiger partial charge in [-0.1, -0.05) is 24.5 Å². The van der Waals surface area contributed by atoms with Gasteiger partial charge in [0.1, 0.15) is 6.54 Å². The number of nitrogens with zero attached hydrogens (tertiary/aromatic N) is 2. The second kappa shape index (κ2) is 9.58. The summed E-state index contributed by atoms with van der Waals surface area (Å²) < 4.78 is 0. The summed E-state index contributed by atoms with van der Waals surface area (Å²) >= 11 is 0. The lowest BCUT2D eigenvalue weighted by Crippen LogP contribution is -2.43. The van der Waals surface area contributed by atoms with Crippen LogP contribution in [0.4, 0.5) is 0 Å². The van der Waals surface area contributed by atoms with Gasteiger partial charge in [0, 0.05) is 26.7 Å². The number of hydrogen-bond acceptors (Lipinski definition) is 2. The Labute approximate surface area is 140 Å². The van der Waals surface area contributed by atoms with Crippen LogP contribution in [0.2, 0.25) is 0 Å². The molecule has 1 fully saturated rings. The number of carbonyl (C=O) groups is 1. The average Bonchev–Trinajstić information content (AvgIpc) is 3.06. The molecule has 0 radical (unpaired) electrons. The predicted molar refractivity (Wildman–Crippen MR) is 95.6 cm³/mol. The zero-order chi connectivity index (χ0) is 16.5. The molecule has 1 saturated carbocycles. The second-order valence-electron chi connectivity index (χ2n) is 6.86. The highest BCUT2D eigenvalue weighted by atomic mass is 16.2. The number of rotatable bonds is 6. The number of likely N-dealkylation sites (N-methyl/N-ethyl adjacent to an activating group) is 1. The maximum atomic E-state index is 11.8. The van der Waals surface area contributed by atoms with E-state index in [1.807, 2.05) is 0 Å². The third kappa shape index (κ3) is 6.63. The summed E-state index contributed by atoms with van der Waals surface area (Å²) in [5.74, 6) is 0.830. The van der Waals surface area contributed by atoms with Gasteiger partial charge in [0.15, 0.2) is 5.96 Å². The molecule has 2 aliphatic rings. The smallest absolute Gasteiger partial charge is 0.243 e. The van der Waals surface area contributed by atoms with E-state index in [1.165, 1.54) is 51.4 Å². The van der Waals surface area contributed by atoms with E-state index in [4.69, 9.17) is 0 Å². The molecular weight excluding hydrogens is 288 g/mol. The minimum Gasteiger partial charge on any atom is -0.356 e. The van der Waals surface area contributed by atoms with E-state index in [2.05, 4.69) is 21.7 Å². The lowest BCUT2D eigenvalue weighted by atomic mass is 9.97. The number of hydrogen-bond donors (Lipinski definition) is 2. The van der Waals surface area contributed by atoms with Crippen molar-refractivity contribution in [2.24, 2.45) is 4.99 Å². The van der Waals surface area contributed by atoms with Crippen LogP contribution in [0.1, 0.15) is 57.8 Å². The fraction of sp³-hybridized carbons (Fsp3) is 0.778. The van der Waals surface area contributed by atoms with Gasteiger partial charge in [0.25, 0.3) is 0 Å². The molecule has 2 rings (SSSR count). The number of aliphatic imine (C=N–C) groups is 1. The number of guanidine groups is 1. The van der Waals surface area contributed by atoms with E-state index in [9.17, 15) is 4.79 Å². The van der Waals surface area contributed by atoms with E-state index in [-0.39, 0.29) is 12.5 Å². The first-order valence-electron chi connectivity index (χ1n) is 9.08. The van der Waals surface area contributed by atoms with Crippen LogP contribution >= 0.6 is 0 Å². The molecule has 0 aromatic rings.